The van der Waals surface area contributed by atoms with E-state index in [1.165, 1.54) is 27.8 Å². The first kappa shape index (κ1) is 11.2. The van der Waals surface area contributed by atoms with Crippen LogP contribution in [-0.2, 0) is 6.42 Å². The molecule has 0 unspecified atom stereocenters. The van der Waals surface area contributed by atoms with Gasteiger partial charge in [0.2, 0.25) is 0 Å². The SMILES string of the molecule is Cc1cccc(C)c1-c1cccc2c1CCC2=O. The van der Waals surface area contributed by atoms with Crippen LogP contribution in [0.4, 0.5) is 0 Å². The molecule has 0 saturated carbocycles. The molecule has 3 rings (SSSR count). The lowest BCUT2D eigenvalue weighted by atomic mass is 9.91. The molecule has 0 amide bonds. The van der Waals surface area contributed by atoms with Crippen molar-refractivity contribution in [2.75, 3.05) is 0 Å². The molecule has 18 heavy (non-hydrogen) atoms. The number of hydrogen-bond acceptors (Lipinski definition) is 1. The Morgan fingerprint density at radius 2 is 1.44 bits per heavy atom. The molecule has 0 spiro atoms. The molecule has 1 heteroatoms. The van der Waals surface area contributed by atoms with Crippen molar-refractivity contribution in [1.82, 2.24) is 0 Å². The molecule has 0 N–H and O–H groups in total. The molecule has 0 bridgehead atoms. The molecular formula is C17H16O. The van der Waals surface area contributed by atoms with Gasteiger partial charge < -0.3 is 0 Å². The molecule has 0 aliphatic heterocycles. The average Bonchev–Trinajstić information content (AvgIpc) is 2.72. The van der Waals surface area contributed by atoms with Crippen molar-refractivity contribution in [2.45, 2.75) is 26.7 Å². The summed E-state index contributed by atoms with van der Waals surface area (Å²) in [5.74, 6) is 0.290. The zero-order valence-corrected chi connectivity index (χ0v) is 10.8. The van der Waals surface area contributed by atoms with Gasteiger partial charge in [0.25, 0.3) is 0 Å². The van der Waals surface area contributed by atoms with E-state index in [-0.39, 0.29) is 5.78 Å². The fraction of sp³-hybridized carbons (Fsp3) is 0.235. The highest BCUT2D eigenvalue weighted by Crippen LogP contribution is 2.35. The van der Waals surface area contributed by atoms with Crippen LogP contribution in [0, 0.1) is 13.8 Å². The van der Waals surface area contributed by atoms with Gasteiger partial charge in [0, 0.05) is 12.0 Å². The molecule has 2 aromatic carbocycles. The molecule has 0 fully saturated rings. The van der Waals surface area contributed by atoms with Crippen molar-refractivity contribution in [2.24, 2.45) is 0 Å². The third kappa shape index (κ3) is 1.59. The van der Waals surface area contributed by atoms with Gasteiger partial charge in [-0.3, -0.25) is 4.79 Å². The Kier molecular flexibility index (Phi) is 2.55. The van der Waals surface area contributed by atoms with E-state index in [9.17, 15) is 4.79 Å². The van der Waals surface area contributed by atoms with E-state index < -0.39 is 0 Å². The van der Waals surface area contributed by atoms with Gasteiger partial charge in [0.1, 0.15) is 0 Å². The largest absolute Gasteiger partial charge is 0.294 e. The van der Waals surface area contributed by atoms with E-state index in [0.29, 0.717) is 6.42 Å². The second-order valence-corrected chi connectivity index (χ2v) is 5.02. The number of rotatable bonds is 1. The van der Waals surface area contributed by atoms with Gasteiger partial charge in [0.05, 0.1) is 0 Å². The van der Waals surface area contributed by atoms with Crippen LogP contribution in [0.1, 0.15) is 33.5 Å². The maximum absolute atomic E-state index is 11.8. The predicted molar refractivity (Wildman–Crippen MR) is 74.0 cm³/mol. The molecule has 0 heterocycles. The second-order valence-electron chi connectivity index (χ2n) is 5.02. The van der Waals surface area contributed by atoms with Crippen molar-refractivity contribution in [1.29, 1.82) is 0 Å². The molecule has 1 nitrogen and oxygen atoms in total. The zero-order chi connectivity index (χ0) is 12.7. The van der Waals surface area contributed by atoms with Crippen molar-refractivity contribution >= 4 is 5.78 Å². The summed E-state index contributed by atoms with van der Waals surface area (Å²) in [5, 5.41) is 0. The van der Waals surface area contributed by atoms with Crippen molar-refractivity contribution in [3.8, 4) is 11.1 Å². The molecule has 0 saturated heterocycles. The first-order valence-electron chi connectivity index (χ1n) is 6.40. The predicted octanol–water partition coefficient (Wildman–Crippen LogP) is 4.10. The highest BCUT2D eigenvalue weighted by atomic mass is 16.1. The van der Waals surface area contributed by atoms with Crippen LogP contribution < -0.4 is 0 Å². The molecule has 0 aromatic heterocycles. The summed E-state index contributed by atoms with van der Waals surface area (Å²) in [6.07, 6.45) is 1.55. The molecule has 2 aromatic rings. The van der Waals surface area contributed by atoms with E-state index in [1.807, 2.05) is 12.1 Å². The van der Waals surface area contributed by atoms with Crippen molar-refractivity contribution in [3.05, 3.63) is 58.7 Å². The van der Waals surface area contributed by atoms with E-state index in [2.05, 4.69) is 38.1 Å². The number of benzene rings is 2. The lowest BCUT2D eigenvalue weighted by Gasteiger charge is -2.13. The Morgan fingerprint density at radius 1 is 0.833 bits per heavy atom. The molecule has 0 atom stereocenters. The fourth-order valence-corrected chi connectivity index (χ4v) is 2.96. The number of carbonyl (C=O) groups is 1. The van der Waals surface area contributed by atoms with Crippen LogP contribution in [0.5, 0.6) is 0 Å². The highest BCUT2D eigenvalue weighted by molar-refractivity contribution is 6.02. The third-order valence-electron chi connectivity index (χ3n) is 3.83. The minimum atomic E-state index is 0.290. The van der Waals surface area contributed by atoms with Crippen LogP contribution in [0.2, 0.25) is 0 Å². The average molecular weight is 236 g/mol. The normalized spacial score (nSPS) is 13.8. The molecule has 0 radical (unpaired) electrons. The van der Waals surface area contributed by atoms with E-state index >= 15 is 0 Å². The van der Waals surface area contributed by atoms with Crippen LogP contribution in [-0.4, -0.2) is 5.78 Å². The summed E-state index contributed by atoms with van der Waals surface area (Å²) >= 11 is 0. The summed E-state index contributed by atoms with van der Waals surface area (Å²) in [6.45, 7) is 4.27. The number of Topliss-reactive ketones (excluding diaryl/α,β-unsaturated/α-hetero) is 1. The Bertz CT molecular complexity index is 618. The van der Waals surface area contributed by atoms with Crippen molar-refractivity contribution < 1.29 is 4.79 Å². The standard InChI is InChI=1S/C17H16O/c1-11-5-3-6-12(2)17(11)15-8-4-7-14-13(15)9-10-16(14)18/h3-8H,9-10H2,1-2H3. The summed E-state index contributed by atoms with van der Waals surface area (Å²) in [4.78, 5) is 11.8. The van der Waals surface area contributed by atoms with Gasteiger partial charge in [-0.1, -0.05) is 36.4 Å². The highest BCUT2D eigenvalue weighted by Gasteiger charge is 2.23. The summed E-state index contributed by atoms with van der Waals surface area (Å²) in [7, 11) is 0. The maximum Gasteiger partial charge on any atom is 0.163 e. The van der Waals surface area contributed by atoms with E-state index in [0.717, 1.165) is 12.0 Å². The minimum absolute atomic E-state index is 0.290. The number of carbonyl (C=O) groups excluding carboxylic acids is 1. The minimum Gasteiger partial charge on any atom is -0.294 e. The second kappa shape index (κ2) is 4.09. The van der Waals surface area contributed by atoms with Gasteiger partial charge >= 0.3 is 0 Å². The molecular weight excluding hydrogens is 220 g/mol. The van der Waals surface area contributed by atoms with Crippen molar-refractivity contribution in [3.63, 3.8) is 0 Å². The lowest BCUT2D eigenvalue weighted by molar-refractivity contribution is 0.0994. The summed E-state index contributed by atoms with van der Waals surface area (Å²) < 4.78 is 0. The van der Waals surface area contributed by atoms with Crippen LogP contribution in [0.25, 0.3) is 11.1 Å². The topological polar surface area (TPSA) is 17.1 Å². The number of ketones is 1. The van der Waals surface area contributed by atoms with Crippen LogP contribution >= 0.6 is 0 Å². The summed E-state index contributed by atoms with van der Waals surface area (Å²) in [6, 6.07) is 12.5. The molecule has 1 aliphatic rings. The Balaban J connectivity index is 2.28. The monoisotopic (exact) mass is 236 g/mol. The Morgan fingerprint density at radius 3 is 2.17 bits per heavy atom. The smallest absolute Gasteiger partial charge is 0.163 e. The number of fused-ring (bicyclic) bond motifs is 1. The Labute approximate surface area is 107 Å². The van der Waals surface area contributed by atoms with Crippen LogP contribution in [0.15, 0.2) is 36.4 Å². The van der Waals surface area contributed by atoms with Crippen LogP contribution in [0.3, 0.4) is 0 Å². The van der Waals surface area contributed by atoms with E-state index in [1.54, 1.807) is 0 Å². The lowest BCUT2D eigenvalue weighted by Crippen LogP contribution is -1.95. The van der Waals surface area contributed by atoms with Gasteiger partial charge in [-0.25, -0.2) is 0 Å². The van der Waals surface area contributed by atoms with Gasteiger partial charge in [0.15, 0.2) is 5.78 Å². The summed E-state index contributed by atoms with van der Waals surface area (Å²) in [5.41, 5.74) is 7.26. The molecule has 1 aliphatic carbocycles. The molecule has 90 valence electrons. The zero-order valence-electron chi connectivity index (χ0n) is 10.8. The van der Waals surface area contributed by atoms with Gasteiger partial charge in [-0.2, -0.15) is 0 Å². The van der Waals surface area contributed by atoms with Gasteiger partial charge in [-0.05, 0) is 48.1 Å². The quantitative estimate of drug-likeness (QED) is 0.728. The first-order chi connectivity index (χ1) is 8.68. The number of hydrogen-bond donors (Lipinski definition) is 0. The maximum atomic E-state index is 11.8. The third-order valence-corrected chi connectivity index (χ3v) is 3.83. The Hall–Kier alpha value is -1.89. The number of aryl methyl sites for hydroxylation is 2. The van der Waals surface area contributed by atoms with E-state index in [4.69, 9.17) is 0 Å². The first-order valence-corrected chi connectivity index (χ1v) is 6.40. The van der Waals surface area contributed by atoms with Gasteiger partial charge in [-0.15, -0.1) is 0 Å². The fourth-order valence-electron chi connectivity index (χ4n) is 2.96.